The molecule has 0 amide bonds. The van der Waals surface area contributed by atoms with Gasteiger partial charge < -0.3 is 5.73 Å². The maximum absolute atomic E-state index is 5.69. The smallest absolute Gasteiger partial charge is 0.181 e. The summed E-state index contributed by atoms with van der Waals surface area (Å²) >= 11 is 4.96. The summed E-state index contributed by atoms with van der Waals surface area (Å²) in [6.07, 6.45) is 3.62. The molecule has 2 N–H and O–H groups in total. The van der Waals surface area contributed by atoms with Crippen LogP contribution in [0.4, 0.5) is 5.13 Å². The summed E-state index contributed by atoms with van der Waals surface area (Å²) in [5.74, 6) is 0. The molecule has 0 atom stereocenters. The van der Waals surface area contributed by atoms with Crippen LogP contribution in [0.5, 0.6) is 0 Å². The summed E-state index contributed by atoms with van der Waals surface area (Å²) in [6.45, 7) is 2.21. The lowest BCUT2D eigenvalue weighted by Gasteiger charge is -2.02. The number of rotatable bonds is 4. The molecule has 1 aromatic carbocycles. The molecule has 0 spiro atoms. The van der Waals surface area contributed by atoms with Gasteiger partial charge in [-0.3, -0.25) is 0 Å². The van der Waals surface area contributed by atoms with E-state index >= 15 is 0 Å². The Morgan fingerprint density at radius 1 is 1.29 bits per heavy atom. The van der Waals surface area contributed by atoms with E-state index in [0.29, 0.717) is 5.13 Å². The molecule has 90 valence electrons. The normalized spacial score (nSPS) is 10.7. The summed E-state index contributed by atoms with van der Waals surface area (Å²) in [5, 5.41) is 0.599. The Hall–Kier alpha value is -0.870. The zero-order valence-corrected chi connectivity index (χ0v) is 12.1. The van der Waals surface area contributed by atoms with Gasteiger partial charge in [-0.05, 0) is 34.3 Å². The van der Waals surface area contributed by atoms with E-state index in [1.54, 1.807) is 0 Å². The monoisotopic (exact) mass is 310 g/mol. The number of hydrogen-bond donors (Lipinski definition) is 1. The summed E-state index contributed by atoms with van der Waals surface area (Å²) in [6, 6.07) is 8.58. The lowest BCUT2D eigenvalue weighted by molar-refractivity contribution is 0.795. The summed E-state index contributed by atoms with van der Waals surface area (Å²) in [4.78, 5) is 4.32. The molecule has 0 saturated carbocycles. The molecule has 2 aromatic rings. The van der Waals surface area contributed by atoms with Crippen LogP contribution in [-0.2, 0) is 6.42 Å². The van der Waals surface area contributed by atoms with Gasteiger partial charge in [0, 0.05) is 5.56 Å². The molecule has 0 aliphatic carbocycles. The minimum atomic E-state index is 0.599. The molecule has 0 bridgehead atoms. The number of benzene rings is 1. The minimum absolute atomic E-state index is 0.599. The van der Waals surface area contributed by atoms with Crippen molar-refractivity contribution in [2.24, 2.45) is 0 Å². The minimum Gasteiger partial charge on any atom is -0.375 e. The molecule has 2 nitrogen and oxygen atoms in total. The number of nitrogens with two attached hydrogens (primary N) is 1. The number of aryl methyl sites for hydroxylation is 1. The molecule has 2 rings (SSSR count). The highest BCUT2D eigenvalue weighted by Crippen LogP contribution is 2.34. The molecule has 0 aliphatic rings. The number of aromatic nitrogens is 1. The van der Waals surface area contributed by atoms with Crippen LogP contribution in [0, 0.1) is 0 Å². The average Bonchev–Trinajstić information content (AvgIpc) is 2.66. The molecule has 0 fully saturated rings. The van der Waals surface area contributed by atoms with Crippen LogP contribution in [0.2, 0.25) is 0 Å². The van der Waals surface area contributed by atoms with Gasteiger partial charge in [-0.1, -0.05) is 48.9 Å². The lowest BCUT2D eigenvalue weighted by Crippen LogP contribution is -1.86. The van der Waals surface area contributed by atoms with E-state index in [9.17, 15) is 0 Å². The lowest BCUT2D eigenvalue weighted by atomic mass is 10.1. The predicted molar refractivity (Wildman–Crippen MR) is 78.3 cm³/mol. The molecule has 4 heteroatoms. The Balaban J connectivity index is 2.20. The van der Waals surface area contributed by atoms with Crippen LogP contribution in [-0.4, -0.2) is 4.98 Å². The van der Waals surface area contributed by atoms with E-state index in [1.807, 2.05) is 0 Å². The van der Waals surface area contributed by atoms with Crippen molar-refractivity contribution in [3.05, 3.63) is 33.6 Å². The van der Waals surface area contributed by atoms with E-state index in [1.165, 1.54) is 29.7 Å². The molecule has 1 heterocycles. The Bertz CT molecular complexity index is 491. The van der Waals surface area contributed by atoms with Gasteiger partial charge in [0.2, 0.25) is 0 Å². The van der Waals surface area contributed by atoms with Gasteiger partial charge >= 0.3 is 0 Å². The number of nitrogen functional groups attached to an aromatic ring is 1. The standard InChI is InChI=1S/C13H15BrN2S/c1-2-3-4-9-5-7-10(8-6-9)11-12(14)17-13(15)16-11/h5-8H,2-4H2,1H3,(H2,15,16). The van der Waals surface area contributed by atoms with Crippen molar-refractivity contribution in [3.8, 4) is 11.3 Å². The second-order valence-corrected chi connectivity index (χ2v) is 6.32. The zero-order chi connectivity index (χ0) is 12.3. The number of nitrogens with zero attached hydrogens (tertiary/aromatic N) is 1. The Kier molecular flexibility index (Phi) is 4.18. The highest BCUT2D eigenvalue weighted by Gasteiger charge is 2.08. The third kappa shape index (κ3) is 3.07. The van der Waals surface area contributed by atoms with Crippen molar-refractivity contribution in [2.45, 2.75) is 26.2 Å². The van der Waals surface area contributed by atoms with E-state index in [2.05, 4.69) is 52.1 Å². The van der Waals surface area contributed by atoms with Crippen LogP contribution in [0.1, 0.15) is 25.3 Å². The first-order valence-electron chi connectivity index (χ1n) is 5.72. The van der Waals surface area contributed by atoms with Gasteiger partial charge in [-0.25, -0.2) is 4.98 Å². The van der Waals surface area contributed by atoms with E-state index in [4.69, 9.17) is 5.73 Å². The molecule has 1 aromatic heterocycles. The average molecular weight is 311 g/mol. The summed E-state index contributed by atoms with van der Waals surface area (Å²) in [5.41, 5.74) is 9.13. The number of thiazole rings is 1. The first-order valence-corrected chi connectivity index (χ1v) is 7.32. The van der Waals surface area contributed by atoms with Crippen molar-refractivity contribution < 1.29 is 0 Å². The second kappa shape index (κ2) is 5.65. The van der Waals surface area contributed by atoms with E-state index in [0.717, 1.165) is 21.5 Å². The van der Waals surface area contributed by atoms with Crippen LogP contribution in [0.25, 0.3) is 11.3 Å². The van der Waals surface area contributed by atoms with Crippen molar-refractivity contribution >= 4 is 32.4 Å². The Morgan fingerprint density at radius 3 is 2.53 bits per heavy atom. The number of hydrogen-bond acceptors (Lipinski definition) is 3. The molecule has 17 heavy (non-hydrogen) atoms. The fourth-order valence-corrected chi connectivity index (χ4v) is 3.10. The van der Waals surface area contributed by atoms with Gasteiger partial charge in [-0.15, -0.1) is 0 Å². The summed E-state index contributed by atoms with van der Waals surface area (Å²) < 4.78 is 0.997. The largest absolute Gasteiger partial charge is 0.375 e. The molecule has 0 unspecified atom stereocenters. The molecular weight excluding hydrogens is 296 g/mol. The van der Waals surface area contributed by atoms with Crippen molar-refractivity contribution in [3.63, 3.8) is 0 Å². The predicted octanol–water partition coefficient (Wildman–Crippen LogP) is 4.50. The van der Waals surface area contributed by atoms with Gasteiger partial charge in [0.15, 0.2) is 5.13 Å². The molecule has 0 saturated heterocycles. The fourth-order valence-electron chi connectivity index (χ4n) is 1.71. The fraction of sp³-hybridized carbons (Fsp3) is 0.308. The van der Waals surface area contributed by atoms with Gasteiger partial charge in [0.05, 0.1) is 9.48 Å². The maximum Gasteiger partial charge on any atom is 0.181 e. The molecule has 0 radical (unpaired) electrons. The SMILES string of the molecule is CCCCc1ccc(-c2nc(N)sc2Br)cc1. The summed E-state index contributed by atoms with van der Waals surface area (Å²) in [7, 11) is 0. The Morgan fingerprint density at radius 2 is 2.00 bits per heavy atom. The first kappa shape index (κ1) is 12.6. The first-order chi connectivity index (χ1) is 8.20. The third-order valence-electron chi connectivity index (χ3n) is 2.65. The highest BCUT2D eigenvalue weighted by molar-refractivity contribution is 9.11. The third-order valence-corrected chi connectivity index (χ3v) is 4.18. The maximum atomic E-state index is 5.69. The van der Waals surface area contributed by atoms with Crippen LogP contribution in [0.3, 0.4) is 0 Å². The van der Waals surface area contributed by atoms with Crippen LogP contribution < -0.4 is 5.73 Å². The highest BCUT2D eigenvalue weighted by atomic mass is 79.9. The number of anilines is 1. The van der Waals surface area contributed by atoms with Crippen molar-refractivity contribution in [2.75, 3.05) is 5.73 Å². The van der Waals surface area contributed by atoms with E-state index < -0.39 is 0 Å². The van der Waals surface area contributed by atoms with Crippen molar-refractivity contribution in [1.82, 2.24) is 4.98 Å². The number of halogens is 1. The second-order valence-electron chi connectivity index (χ2n) is 3.97. The van der Waals surface area contributed by atoms with E-state index in [-0.39, 0.29) is 0 Å². The molecular formula is C13H15BrN2S. The van der Waals surface area contributed by atoms with Gasteiger partial charge in [0.1, 0.15) is 0 Å². The van der Waals surface area contributed by atoms with Crippen LogP contribution >= 0.6 is 27.3 Å². The van der Waals surface area contributed by atoms with Crippen molar-refractivity contribution in [1.29, 1.82) is 0 Å². The van der Waals surface area contributed by atoms with Gasteiger partial charge in [0.25, 0.3) is 0 Å². The van der Waals surface area contributed by atoms with Crippen LogP contribution in [0.15, 0.2) is 28.1 Å². The number of unbranched alkanes of at least 4 members (excludes halogenated alkanes) is 1. The Labute approximate surface area is 114 Å². The molecule has 0 aliphatic heterocycles. The zero-order valence-electron chi connectivity index (χ0n) is 9.74. The van der Waals surface area contributed by atoms with Gasteiger partial charge in [-0.2, -0.15) is 0 Å². The topological polar surface area (TPSA) is 38.9 Å². The quantitative estimate of drug-likeness (QED) is 0.903.